The Morgan fingerprint density at radius 2 is 1.91 bits per heavy atom. The number of carbonyl (C=O) groups excluding carboxylic acids is 3. The number of amides is 2. The fourth-order valence-corrected chi connectivity index (χ4v) is 4.43. The minimum absolute atomic E-state index is 0.0567. The van der Waals surface area contributed by atoms with Gasteiger partial charge in [0.2, 0.25) is 0 Å². The summed E-state index contributed by atoms with van der Waals surface area (Å²) in [5.74, 6) is -1.94. The van der Waals surface area contributed by atoms with Crippen molar-refractivity contribution in [1.29, 1.82) is 0 Å². The highest BCUT2D eigenvalue weighted by Crippen LogP contribution is 2.35. The molecule has 2 aromatic rings. The van der Waals surface area contributed by atoms with E-state index in [9.17, 15) is 14.4 Å². The van der Waals surface area contributed by atoms with E-state index in [4.69, 9.17) is 28.9 Å². The van der Waals surface area contributed by atoms with Crippen LogP contribution in [0.2, 0.25) is 8.67 Å². The lowest BCUT2D eigenvalue weighted by Crippen LogP contribution is -2.17. The van der Waals surface area contributed by atoms with Crippen LogP contribution in [0.5, 0.6) is 0 Å². The van der Waals surface area contributed by atoms with Crippen molar-refractivity contribution in [3.8, 4) is 0 Å². The molecule has 2 rings (SSSR count). The second kappa shape index (κ2) is 6.88. The van der Waals surface area contributed by atoms with E-state index >= 15 is 0 Å². The third-order valence-corrected chi connectivity index (χ3v) is 5.57. The van der Waals surface area contributed by atoms with Gasteiger partial charge < -0.3 is 15.8 Å². The van der Waals surface area contributed by atoms with Crippen LogP contribution in [0, 0.1) is 6.92 Å². The van der Waals surface area contributed by atoms with Gasteiger partial charge in [0.05, 0.1) is 22.6 Å². The van der Waals surface area contributed by atoms with Gasteiger partial charge in [0.15, 0.2) is 0 Å². The van der Waals surface area contributed by atoms with Crippen molar-refractivity contribution in [3.05, 3.63) is 36.3 Å². The van der Waals surface area contributed by atoms with E-state index in [1.165, 1.54) is 13.2 Å². The zero-order valence-corrected chi connectivity index (χ0v) is 15.0. The van der Waals surface area contributed by atoms with Crippen molar-refractivity contribution in [3.63, 3.8) is 0 Å². The lowest BCUT2D eigenvalue weighted by Gasteiger charge is -2.04. The van der Waals surface area contributed by atoms with E-state index < -0.39 is 17.8 Å². The summed E-state index contributed by atoms with van der Waals surface area (Å²) >= 11 is 13.7. The Morgan fingerprint density at radius 1 is 1.26 bits per heavy atom. The van der Waals surface area contributed by atoms with Crippen molar-refractivity contribution in [2.45, 2.75) is 6.92 Å². The van der Waals surface area contributed by atoms with Crippen molar-refractivity contribution in [2.24, 2.45) is 5.73 Å². The van der Waals surface area contributed by atoms with E-state index in [0.717, 1.165) is 22.7 Å². The summed E-state index contributed by atoms with van der Waals surface area (Å²) in [4.78, 5) is 35.8. The molecule has 0 aromatic carbocycles. The average molecular weight is 393 g/mol. The molecule has 0 aliphatic rings. The van der Waals surface area contributed by atoms with E-state index in [2.05, 4.69) is 10.1 Å². The fourth-order valence-electron chi connectivity index (χ4n) is 1.85. The summed E-state index contributed by atoms with van der Waals surface area (Å²) in [6, 6.07) is 1.41. The molecule has 0 aliphatic heterocycles. The second-order valence-electron chi connectivity index (χ2n) is 4.31. The molecule has 0 saturated heterocycles. The summed E-state index contributed by atoms with van der Waals surface area (Å²) in [6.45, 7) is 1.55. The van der Waals surface area contributed by atoms with Crippen LogP contribution in [-0.4, -0.2) is 24.9 Å². The molecule has 0 radical (unpaired) electrons. The fraction of sp³-hybridized carbons (Fsp3) is 0.154. The smallest absolute Gasteiger partial charge is 0.348 e. The predicted octanol–water partition coefficient (Wildman–Crippen LogP) is 3.56. The standard InChI is InChI=1S/C13H10Cl2N2O4S2/c1-4-7(10(16)18)12(23-8(4)13(20)21-2)17-11(19)5-3-6(14)22-9(5)15/h3H,1-2H3,(H2,16,18)(H,17,19). The van der Waals surface area contributed by atoms with E-state index in [1.54, 1.807) is 6.92 Å². The van der Waals surface area contributed by atoms with Gasteiger partial charge in [0, 0.05) is 0 Å². The summed E-state index contributed by atoms with van der Waals surface area (Å²) in [5, 5.41) is 2.69. The second-order valence-corrected chi connectivity index (χ2v) is 7.61. The quantitative estimate of drug-likeness (QED) is 0.776. The number of hydrogen-bond acceptors (Lipinski definition) is 6. The van der Waals surface area contributed by atoms with Gasteiger partial charge >= 0.3 is 5.97 Å². The number of hydrogen-bond donors (Lipinski definition) is 2. The predicted molar refractivity (Wildman–Crippen MR) is 91.2 cm³/mol. The van der Waals surface area contributed by atoms with Crippen LogP contribution < -0.4 is 11.1 Å². The number of esters is 1. The van der Waals surface area contributed by atoms with Crippen LogP contribution in [0.3, 0.4) is 0 Å². The van der Waals surface area contributed by atoms with Crippen molar-refractivity contribution >= 4 is 68.7 Å². The van der Waals surface area contributed by atoms with Gasteiger partial charge in [-0.2, -0.15) is 0 Å². The number of nitrogens with one attached hydrogen (secondary N) is 1. The van der Waals surface area contributed by atoms with E-state index in [1.807, 2.05) is 0 Å². The molecule has 23 heavy (non-hydrogen) atoms. The molecule has 0 bridgehead atoms. The maximum Gasteiger partial charge on any atom is 0.348 e. The largest absolute Gasteiger partial charge is 0.465 e. The zero-order valence-electron chi connectivity index (χ0n) is 11.9. The van der Waals surface area contributed by atoms with E-state index in [0.29, 0.717) is 9.90 Å². The molecule has 2 heterocycles. The molecule has 122 valence electrons. The number of halogens is 2. The Labute approximate surface area is 149 Å². The third-order valence-electron chi connectivity index (χ3n) is 2.89. The minimum atomic E-state index is -0.765. The van der Waals surface area contributed by atoms with E-state index in [-0.39, 0.29) is 25.3 Å². The molecule has 0 atom stereocenters. The first kappa shape index (κ1) is 17.7. The lowest BCUT2D eigenvalue weighted by atomic mass is 10.1. The summed E-state index contributed by atoms with van der Waals surface area (Å²) in [5.41, 5.74) is 5.91. The van der Waals surface area contributed by atoms with Gasteiger partial charge in [0.25, 0.3) is 11.8 Å². The van der Waals surface area contributed by atoms with Crippen LogP contribution in [0.1, 0.15) is 36.0 Å². The molecular formula is C13H10Cl2N2O4S2. The molecule has 2 amide bonds. The lowest BCUT2D eigenvalue weighted by molar-refractivity contribution is 0.0605. The minimum Gasteiger partial charge on any atom is -0.465 e. The SMILES string of the molecule is COC(=O)c1sc(NC(=O)c2cc(Cl)sc2Cl)c(C(N)=O)c1C. The number of thiophene rings is 2. The normalized spacial score (nSPS) is 10.4. The monoisotopic (exact) mass is 392 g/mol. The highest BCUT2D eigenvalue weighted by molar-refractivity contribution is 7.20. The Morgan fingerprint density at radius 3 is 2.39 bits per heavy atom. The molecule has 3 N–H and O–H groups in total. The van der Waals surface area contributed by atoms with Crippen molar-refractivity contribution in [1.82, 2.24) is 0 Å². The number of nitrogens with two attached hydrogens (primary N) is 1. The molecule has 0 saturated carbocycles. The highest BCUT2D eigenvalue weighted by Gasteiger charge is 2.26. The molecule has 0 unspecified atom stereocenters. The Kier molecular flexibility index (Phi) is 5.30. The first-order valence-corrected chi connectivity index (χ1v) is 8.42. The van der Waals surface area contributed by atoms with Crippen LogP contribution >= 0.6 is 45.9 Å². The number of ether oxygens (including phenoxy) is 1. The zero-order chi connectivity index (χ0) is 17.3. The Balaban J connectivity index is 2.43. The summed E-state index contributed by atoms with van der Waals surface area (Å²) < 4.78 is 5.22. The molecule has 10 heteroatoms. The van der Waals surface area contributed by atoms with Gasteiger partial charge in [-0.15, -0.1) is 22.7 Å². The first-order chi connectivity index (χ1) is 10.8. The van der Waals surface area contributed by atoms with Gasteiger partial charge in [-0.05, 0) is 18.6 Å². The van der Waals surface area contributed by atoms with Gasteiger partial charge in [-0.25, -0.2) is 4.79 Å². The number of rotatable bonds is 4. The molecule has 6 nitrogen and oxygen atoms in total. The topological polar surface area (TPSA) is 98.5 Å². The number of primary amides is 1. The highest BCUT2D eigenvalue weighted by atomic mass is 35.5. The summed E-state index contributed by atoms with van der Waals surface area (Å²) in [7, 11) is 1.22. The number of methoxy groups -OCH3 is 1. The van der Waals surface area contributed by atoms with Crippen LogP contribution in [0.4, 0.5) is 5.00 Å². The van der Waals surface area contributed by atoms with Gasteiger partial charge in [-0.3, -0.25) is 9.59 Å². The molecular weight excluding hydrogens is 383 g/mol. The maximum absolute atomic E-state index is 12.3. The molecule has 0 fully saturated rings. The number of anilines is 1. The van der Waals surface area contributed by atoms with Crippen LogP contribution in [-0.2, 0) is 4.74 Å². The third kappa shape index (κ3) is 3.50. The summed E-state index contributed by atoms with van der Waals surface area (Å²) in [6.07, 6.45) is 0. The number of carbonyl (C=O) groups is 3. The Hall–Kier alpha value is -1.61. The van der Waals surface area contributed by atoms with Crippen molar-refractivity contribution in [2.75, 3.05) is 12.4 Å². The maximum atomic E-state index is 12.3. The van der Waals surface area contributed by atoms with Crippen molar-refractivity contribution < 1.29 is 19.1 Å². The van der Waals surface area contributed by atoms with Gasteiger partial charge in [-0.1, -0.05) is 23.2 Å². The molecule has 0 spiro atoms. The van der Waals surface area contributed by atoms with Crippen LogP contribution in [0.15, 0.2) is 6.07 Å². The molecule has 0 aliphatic carbocycles. The van der Waals surface area contributed by atoms with Gasteiger partial charge in [0.1, 0.15) is 14.2 Å². The first-order valence-electron chi connectivity index (χ1n) is 6.04. The average Bonchev–Trinajstić information content (AvgIpc) is 2.97. The Bertz CT molecular complexity index is 813. The van der Waals surface area contributed by atoms with Crippen LogP contribution in [0.25, 0.3) is 0 Å². The molecule has 2 aromatic heterocycles.